The fourth-order valence-corrected chi connectivity index (χ4v) is 1.68. The Kier molecular flexibility index (Phi) is 7.18. The van der Waals surface area contributed by atoms with Gasteiger partial charge < -0.3 is 9.84 Å². The van der Waals surface area contributed by atoms with Crippen LogP contribution in [0.15, 0.2) is 17.1 Å². The zero-order chi connectivity index (χ0) is 12.8. The zero-order valence-electron chi connectivity index (χ0n) is 9.83. The number of aromatic nitrogens is 2. The average Bonchev–Trinajstić information content (AvgIpc) is 2.78. The SMILES string of the molecule is C.CC1CCC(n2ccc(NO)nc2=O)O1.CO. The highest BCUT2D eigenvalue weighted by molar-refractivity contribution is 5.27. The lowest BCUT2D eigenvalue weighted by Crippen LogP contribution is -2.27. The number of nitrogens with zero attached hydrogens (tertiary/aromatic N) is 2. The smallest absolute Gasteiger partial charge is 0.351 e. The summed E-state index contributed by atoms with van der Waals surface area (Å²) in [5, 5.41) is 15.6. The van der Waals surface area contributed by atoms with Gasteiger partial charge in [0.2, 0.25) is 0 Å². The molecule has 0 spiro atoms. The van der Waals surface area contributed by atoms with Crippen LogP contribution in [0.3, 0.4) is 0 Å². The molecule has 1 fully saturated rings. The van der Waals surface area contributed by atoms with Gasteiger partial charge in [0.25, 0.3) is 0 Å². The van der Waals surface area contributed by atoms with Gasteiger partial charge in [0.1, 0.15) is 6.23 Å². The molecule has 1 aromatic heterocycles. The Morgan fingerprint density at radius 1 is 1.50 bits per heavy atom. The van der Waals surface area contributed by atoms with Crippen molar-refractivity contribution in [3.05, 3.63) is 22.7 Å². The topological polar surface area (TPSA) is 96.6 Å². The van der Waals surface area contributed by atoms with Crippen LogP contribution in [0, 0.1) is 0 Å². The van der Waals surface area contributed by atoms with Crippen LogP contribution in [0.25, 0.3) is 0 Å². The maximum atomic E-state index is 11.5. The molecule has 0 saturated carbocycles. The number of rotatable bonds is 2. The molecular formula is C11H21N3O4. The van der Waals surface area contributed by atoms with E-state index < -0.39 is 5.69 Å². The highest BCUT2D eigenvalue weighted by atomic mass is 16.5. The lowest BCUT2D eigenvalue weighted by atomic mass is 10.2. The summed E-state index contributed by atoms with van der Waals surface area (Å²) >= 11 is 0. The van der Waals surface area contributed by atoms with Crippen molar-refractivity contribution in [3.63, 3.8) is 0 Å². The molecule has 1 saturated heterocycles. The van der Waals surface area contributed by atoms with Crippen molar-refractivity contribution in [2.24, 2.45) is 0 Å². The van der Waals surface area contributed by atoms with E-state index in [1.807, 2.05) is 12.4 Å². The largest absolute Gasteiger partial charge is 0.400 e. The summed E-state index contributed by atoms with van der Waals surface area (Å²) in [5.74, 6) is 0.141. The summed E-state index contributed by atoms with van der Waals surface area (Å²) < 4.78 is 6.98. The molecule has 0 bridgehead atoms. The Morgan fingerprint density at radius 3 is 2.61 bits per heavy atom. The average molecular weight is 259 g/mol. The Morgan fingerprint density at radius 2 is 2.17 bits per heavy atom. The first-order valence-electron chi connectivity index (χ1n) is 5.30. The Bertz CT molecular complexity index is 408. The van der Waals surface area contributed by atoms with E-state index in [-0.39, 0.29) is 25.6 Å². The van der Waals surface area contributed by atoms with Crippen LogP contribution in [0.2, 0.25) is 0 Å². The minimum absolute atomic E-state index is 0. The quantitative estimate of drug-likeness (QED) is 0.685. The third kappa shape index (κ3) is 3.80. The summed E-state index contributed by atoms with van der Waals surface area (Å²) in [6.07, 6.45) is 3.27. The lowest BCUT2D eigenvalue weighted by Gasteiger charge is -2.13. The molecule has 7 heteroatoms. The van der Waals surface area contributed by atoms with Crippen LogP contribution in [-0.2, 0) is 4.74 Å². The van der Waals surface area contributed by atoms with Gasteiger partial charge in [-0.2, -0.15) is 4.98 Å². The maximum absolute atomic E-state index is 11.5. The maximum Gasteiger partial charge on any atom is 0.351 e. The van der Waals surface area contributed by atoms with E-state index in [4.69, 9.17) is 15.1 Å². The van der Waals surface area contributed by atoms with E-state index in [1.165, 1.54) is 10.6 Å². The van der Waals surface area contributed by atoms with Crippen molar-refractivity contribution in [2.45, 2.75) is 39.5 Å². The molecule has 0 aromatic carbocycles. The first kappa shape index (κ1) is 16.6. The number of ether oxygens (including phenoxy) is 1. The summed E-state index contributed by atoms with van der Waals surface area (Å²) in [6, 6.07) is 1.52. The van der Waals surface area contributed by atoms with Gasteiger partial charge in [-0.15, -0.1) is 0 Å². The highest BCUT2D eigenvalue weighted by Gasteiger charge is 2.24. The molecule has 0 radical (unpaired) electrons. The first-order chi connectivity index (χ1) is 8.20. The number of nitrogens with one attached hydrogen (secondary N) is 1. The van der Waals surface area contributed by atoms with Gasteiger partial charge in [0.15, 0.2) is 5.82 Å². The molecule has 1 aliphatic heterocycles. The fraction of sp³-hybridized carbons (Fsp3) is 0.636. The number of anilines is 1. The fourth-order valence-electron chi connectivity index (χ4n) is 1.68. The van der Waals surface area contributed by atoms with Gasteiger partial charge in [0.05, 0.1) is 6.10 Å². The predicted molar refractivity (Wildman–Crippen MR) is 67.6 cm³/mol. The molecule has 18 heavy (non-hydrogen) atoms. The van der Waals surface area contributed by atoms with Crippen LogP contribution in [-0.4, -0.2) is 33.1 Å². The van der Waals surface area contributed by atoms with Crippen molar-refractivity contribution < 1.29 is 15.1 Å². The summed E-state index contributed by atoms with van der Waals surface area (Å²) in [6.45, 7) is 1.97. The molecule has 2 atom stereocenters. The Hall–Kier alpha value is -1.44. The second-order valence-corrected chi connectivity index (χ2v) is 3.59. The molecule has 7 nitrogen and oxygen atoms in total. The van der Waals surface area contributed by atoms with Gasteiger partial charge in [-0.05, 0) is 25.8 Å². The predicted octanol–water partition coefficient (Wildman–Crippen LogP) is 0.986. The third-order valence-corrected chi connectivity index (χ3v) is 2.46. The van der Waals surface area contributed by atoms with E-state index in [9.17, 15) is 4.79 Å². The van der Waals surface area contributed by atoms with Crippen LogP contribution < -0.4 is 11.2 Å². The minimum Gasteiger partial charge on any atom is -0.400 e. The molecule has 0 amide bonds. The molecule has 1 aliphatic rings. The molecule has 1 aromatic rings. The number of hydrogen-bond donors (Lipinski definition) is 3. The number of aliphatic hydroxyl groups is 1. The van der Waals surface area contributed by atoms with Crippen molar-refractivity contribution >= 4 is 5.82 Å². The zero-order valence-corrected chi connectivity index (χ0v) is 9.83. The lowest BCUT2D eigenvalue weighted by molar-refractivity contribution is 0.00802. The van der Waals surface area contributed by atoms with Crippen LogP contribution in [0.5, 0.6) is 0 Å². The summed E-state index contributed by atoms with van der Waals surface area (Å²) in [4.78, 5) is 15.1. The number of aliphatic hydroxyl groups excluding tert-OH is 1. The van der Waals surface area contributed by atoms with Crippen LogP contribution in [0.4, 0.5) is 5.82 Å². The van der Waals surface area contributed by atoms with Crippen LogP contribution in [0.1, 0.15) is 33.4 Å². The highest BCUT2D eigenvalue weighted by Crippen LogP contribution is 2.26. The van der Waals surface area contributed by atoms with Crippen molar-refractivity contribution in [2.75, 3.05) is 12.6 Å². The summed E-state index contributed by atoms with van der Waals surface area (Å²) in [7, 11) is 1.00. The standard InChI is InChI=1S/C9H13N3O3.CH4O.CH4/c1-6-2-3-8(15-6)12-5-4-7(11-14)10-9(12)13;1-2;/h4-6,8,14H,2-3H2,1H3,(H,10,11,13);2H,1H3;1H4. The number of hydrogen-bond acceptors (Lipinski definition) is 6. The van der Waals surface area contributed by atoms with E-state index >= 15 is 0 Å². The van der Waals surface area contributed by atoms with Gasteiger partial charge in [-0.1, -0.05) is 7.43 Å². The molecule has 3 N–H and O–H groups in total. The molecular weight excluding hydrogens is 238 g/mol. The second kappa shape index (κ2) is 7.80. The van der Waals surface area contributed by atoms with E-state index in [2.05, 4.69) is 4.98 Å². The first-order valence-corrected chi connectivity index (χ1v) is 5.30. The Balaban J connectivity index is 0.000000917. The van der Waals surface area contributed by atoms with Crippen molar-refractivity contribution in [1.29, 1.82) is 0 Å². The van der Waals surface area contributed by atoms with Gasteiger partial charge in [-0.25, -0.2) is 4.79 Å². The van der Waals surface area contributed by atoms with Crippen LogP contribution >= 0.6 is 0 Å². The minimum atomic E-state index is -0.423. The third-order valence-electron chi connectivity index (χ3n) is 2.46. The van der Waals surface area contributed by atoms with E-state index in [0.29, 0.717) is 0 Å². The second-order valence-electron chi connectivity index (χ2n) is 3.59. The molecule has 0 aliphatic carbocycles. The van der Waals surface area contributed by atoms with Crippen molar-refractivity contribution in [3.8, 4) is 0 Å². The molecule has 2 heterocycles. The normalized spacial score (nSPS) is 21.6. The van der Waals surface area contributed by atoms with E-state index in [0.717, 1.165) is 20.0 Å². The monoisotopic (exact) mass is 259 g/mol. The molecule has 2 rings (SSSR count). The molecule has 2 unspecified atom stereocenters. The van der Waals surface area contributed by atoms with Gasteiger partial charge in [-0.3, -0.25) is 15.3 Å². The van der Waals surface area contributed by atoms with Gasteiger partial charge in [0, 0.05) is 13.3 Å². The van der Waals surface area contributed by atoms with Gasteiger partial charge >= 0.3 is 5.69 Å². The molecule has 104 valence electrons. The summed E-state index contributed by atoms with van der Waals surface area (Å²) in [5.41, 5.74) is 1.41. The van der Waals surface area contributed by atoms with E-state index in [1.54, 1.807) is 6.20 Å². The Labute approximate surface area is 106 Å². The van der Waals surface area contributed by atoms with Crippen molar-refractivity contribution in [1.82, 2.24) is 9.55 Å².